The number of hydrogen-bond donors (Lipinski definition) is 0. The van der Waals surface area contributed by atoms with Gasteiger partial charge in [0, 0.05) is 63.9 Å². The molecule has 3 aromatic heterocycles. The molecule has 1 aliphatic rings. The molecular formula is C30H32ClN7O2S. The summed E-state index contributed by atoms with van der Waals surface area (Å²) in [4.78, 5) is 42.1. The van der Waals surface area contributed by atoms with E-state index in [4.69, 9.17) is 11.6 Å². The SMILES string of the molecule is CN(C)c1nc(=O)n(CC2CCN(c3cccc(-n4c(=O)nc(N(C)C)c5ccc(Cl)cc54)c3)CC2)c2sccc12. The zero-order valence-electron chi connectivity index (χ0n) is 23.5. The largest absolute Gasteiger partial charge is 0.371 e. The summed E-state index contributed by atoms with van der Waals surface area (Å²) in [6, 6.07) is 15.6. The van der Waals surface area contributed by atoms with Gasteiger partial charge in [-0.2, -0.15) is 9.97 Å². The standard InChI is InChI=1S/C30H32ClN7O2S/c1-34(2)26-23-9-8-20(31)16-25(23)38(30(40)33-26)22-7-5-6-21(17-22)36-13-10-19(11-14-36)18-37-28-24(12-15-41-28)27(35(3)4)32-29(37)39/h5-9,12,15-17,19H,10-11,13-14,18H2,1-4H3. The number of hydrogen-bond acceptors (Lipinski definition) is 8. The molecule has 0 atom stereocenters. The second-order valence-corrected chi connectivity index (χ2v) is 12.3. The third-order valence-corrected chi connectivity index (χ3v) is 8.92. The number of fused-ring (bicyclic) bond motifs is 2. The van der Waals surface area contributed by atoms with Crippen molar-refractivity contribution in [3.05, 3.63) is 79.9 Å². The van der Waals surface area contributed by atoms with Crippen molar-refractivity contribution < 1.29 is 0 Å². The Morgan fingerprint density at radius 3 is 2.29 bits per heavy atom. The van der Waals surface area contributed by atoms with Crippen LogP contribution in [-0.4, -0.2) is 60.4 Å². The smallest absolute Gasteiger partial charge is 0.354 e. The first-order chi connectivity index (χ1) is 19.7. The number of anilines is 3. The van der Waals surface area contributed by atoms with Crippen molar-refractivity contribution >= 4 is 61.4 Å². The van der Waals surface area contributed by atoms with Gasteiger partial charge in [0.1, 0.15) is 16.5 Å². The minimum absolute atomic E-state index is 0.189. The number of nitrogens with zero attached hydrogens (tertiary/aromatic N) is 7. The van der Waals surface area contributed by atoms with Gasteiger partial charge in [-0.15, -0.1) is 11.3 Å². The predicted octanol–water partition coefficient (Wildman–Crippen LogP) is 4.86. The van der Waals surface area contributed by atoms with E-state index in [2.05, 4.69) is 20.9 Å². The van der Waals surface area contributed by atoms with E-state index in [1.54, 1.807) is 15.9 Å². The molecule has 0 aliphatic carbocycles. The lowest BCUT2D eigenvalue weighted by Gasteiger charge is -2.34. The van der Waals surface area contributed by atoms with Crippen molar-refractivity contribution in [2.24, 2.45) is 5.92 Å². The molecule has 9 nitrogen and oxygen atoms in total. The van der Waals surface area contributed by atoms with Crippen molar-refractivity contribution in [3.8, 4) is 5.69 Å². The molecule has 0 N–H and O–H groups in total. The number of halogens is 1. The van der Waals surface area contributed by atoms with Gasteiger partial charge in [0.15, 0.2) is 0 Å². The highest BCUT2D eigenvalue weighted by atomic mass is 35.5. The Labute approximate surface area is 246 Å². The third-order valence-electron chi connectivity index (χ3n) is 7.75. The summed E-state index contributed by atoms with van der Waals surface area (Å²) in [5, 5.41) is 4.46. The molecule has 0 bridgehead atoms. The van der Waals surface area contributed by atoms with E-state index in [9.17, 15) is 9.59 Å². The van der Waals surface area contributed by atoms with Crippen LogP contribution in [0.5, 0.6) is 0 Å². The third kappa shape index (κ3) is 5.06. The van der Waals surface area contributed by atoms with Gasteiger partial charge >= 0.3 is 11.4 Å². The van der Waals surface area contributed by atoms with Crippen LogP contribution in [0.25, 0.3) is 26.8 Å². The molecule has 41 heavy (non-hydrogen) atoms. The van der Waals surface area contributed by atoms with E-state index in [0.29, 0.717) is 23.3 Å². The van der Waals surface area contributed by atoms with Crippen LogP contribution in [0.2, 0.25) is 5.02 Å². The molecule has 0 radical (unpaired) electrons. The summed E-state index contributed by atoms with van der Waals surface area (Å²) in [7, 11) is 7.58. The predicted molar refractivity (Wildman–Crippen MR) is 170 cm³/mol. The molecule has 4 heterocycles. The highest BCUT2D eigenvalue weighted by Gasteiger charge is 2.23. The Morgan fingerprint density at radius 1 is 0.878 bits per heavy atom. The molecular weight excluding hydrogens is 558 g/mol. The van der Waals surface area contributed by atoms with Crippen LogP contribution in [-0.2, 0) is 6.54 Å². The molecule has 0 saturated carbocycles. The van der Waals surface area contributed by atoms with Gasteiger partial charge in [-0.05, 0) is 66.6 Å². The van der Waals surface area contributed by atoms with E-state index in [1.165, 1.54) is 0 Å². The average molecular weight is 590 g/mol. The number of benzene rings is 2. The van der Waals surface area contributed by atoms with E-state index < -0.39 is 0 Å². The number of aromatic nitrogens is 4. The maximum Gasteiger partial charge on any atom is 0.354 e. The number of piperidine rings is 1. The molecule has 212 valence electrons. The second-order valence-electron chi connectivity index (χ2n) is 10.9. The van der Waals surface area contributed by atoms with Gasteiger partial charge in [0.25, 0.3) is 0 Å². The normalized spacial score (nSPS) is 14.2. The Morgan fingerprint density at radius 2 is 1.56 bits per heavy atom. The van der Waals surface area contributed by atoms with E-state index in [0.717, 1.165) is 64.2 Å². The van der Waals surface area contributed by atoms with Crippen LogP contribution in [0.1, 0.15) is 12.8 Å². The fraction of sp³-hybridized carbons (Fsp3) is 0.333. The Kier molecular flexibility index (Phi) is 7.21. The quantitative estimate of drug-likeness (QED) is 0.280. The molecule has 1 aliphatic heterocycles. The molecule has 0 unspecified atom stereocenters. The van der Waals surface area contributed by atoms with Crippen LogP contribution in [0.3, 0.4) is 0 Å². The van der Waals surface area contributed by atoms with Crippen molar-refractivity contribution in [1.82, 2.24) is 19.1 Å². The van der Waals surface area contributed by atoms with E-state index >= 15 is 0 Å². The lowest BCUT2D eigenvalue weighted by Crippen LogP contribution is -2.37. The van der Waals surface area contributed by atoms with Crippen molar-refractivity contribution in [2.75, 3.05) is 56.0 Å². The fourth-order valence-corrected chi connectivity index (χ4v) is 6.78. The van der Waals surface area contributed by atoms with Crippen LogP contribution in [0.4, 0.5) is 17.3 Å². The Bertz CT molecular complexity index is 1870. The minimum Gasteiger partial charge on any atom is -0.371 e. The molecule has 6 rings (SSSR count). The molecule has 0 spiro atoms. The van der Waals surface area contributed by atoms with Gasteiger partial charge in [0.05, 0.1) is 16.6 Å². The highest BCUT2D eigenvalue weighted by Crippen LogP contribution is 2.31. The van der Waals surface area contributed by atoms with Gasteiger partial charge < -0.3 is 14.7 Å². The Hall–Kier alpha value is -3.89. The lowest BCUT2D eigenvalue weighted by atomic mass is 9.96. The average Bonchev–Trinajstić information content (AvgIpc) is 3.44. The first-order valence-electron chi connectivity index (χ1n) is 13.6. The second kappa shape index (κ2) is 10.8. The van der Waals surface area contributed by atoms with Crippen LogP contribution < -0.4 is 26.1 Å². The first-order valence-corrected chi connectivity index (χ1v) is 14.9. The summed E-state index contributed by atoms with van der Waals surface area (Å²) in [5.41, 5.74) is 1.98. The Balaban J connectivity index is 1.25. The lowest BCUT2D eigenvalue weighted by molar-refractivity contribution is 0.356. The van der Waals surface area contributed by atoms with Crippen molar-refractivity contribution in [3.63, 3.8) is 0 Å². The first kappa shape index (κ1) is 27.3. The molecule has 5 aromatic rings. The van der Waals surface area contributed by atoms with Crippen LogP contribution >= 0.6 is 22.9 Å². The zero-order valence-corrected chi connectivity index (χ0v) is 25.1. The van der Waals surface area contributed by atoms with Gasteiger partial charge in [-0.25, -0.2) is 9.59 Å². The fourth-order valence-electron chi connectivity index (χ4n) is 5.71. The zero-order chi connectivity index (χ0) is 28.8. The van der Waals surface area contributed by atoms with Crippen LogP contribution in [0.15, 0.2) is 63.5 Å². The van der Waals surface area contributed by atoms with E-state index in [1.807, 2.05) is 90.4 Å². The van der Waals surface area contributed by atoms with Gasteiger partial charge in [-0.1, -0.05) is 17.7 Å². The van der Waals surface area contributed by atoms with Crippen molar-refractivity contribution in [1.29, 1.82) is 0 Å². The summed E-state index contributed by atoms with van der Waals surface area (Å²) < 4.78 is 3.48. The number of rotatable bonds is 6. The minimum atomic E-state index is -0.349. The summed E-state index contributed by atoms with van der Waals surface area (Å²) in [5.74, 6) is 1.71. The van der Waals surface area contributed by atoms with Gasteiger partial charge in [-0.3, -0.25) is 9.13 Å². The number of thiophene rings is 1. The molecule has 11 heteroatoms. The summed E-state index contributed by atoms with van der Waals surface area (Å²) in [6.07, 6.45) is 1.91. The maximum atomic E-state index is 13.3. The topological polar surface area (TPSA) is 79.5 Å². The van der Waals surface area contributed by atoms with E-state index in [-0.39, 0.29) is 11.4 Å². The summed E-state index contributed by atoms with van der Waals surface area (Å²) >= 11 is 7.95. The molecule has 1 saturated heterocycles. The monoisotopic (exact) mass is 589 g/mol. The highest BCUT2D eigenvalue weighted by molar-refractivity contribution is 7.16. The van der Waals surface area contributed by atoms with Crippen molar-refractivity contribution in [2.45, 2.75) is 19.4 Å². The maximum absolute atomic E-state index is 13.3. The molecule has 0 amide bonds. The summed E-state index contributed by atoms with van der Waals surface area (Å²) in [6.45, 7) is 2.38. The molecule has 2 aromatic carbocycles. The molecule has 1 fully saturated rings. The van der Waals surface area contributed by atoms with Crippen LogP contribution in [0, 0.1) is 5.92 Å². The van der Waals surface area contributed by atoms with Gasteiger partial charge in [0.2, 0.25) is 0 Å².